The summed E-state index contributed by atoms with van der Waals surface area (Å²) < 4.78 is 11.0. The van der Waals surface area contributed by atoms with Crippen LogP contribution < -0.4 is 14.8 Å². The Balaban J connectivity index is 1.33. The minimum atomic E-state index is 0.268. The summed E-state index contributed by atoms with van der Waals surface area (Å²) in [5.41, 5.74) is 8.92. The molecule has 1 aliphatic heterocycles. The molecule has 1 N–H and O–H groups in total. The van der Waals surface area contributed by atoms with Gasteiger partial charge in [-0.15, -0.1) is 0 Å². The highest BCUT2D eigenvalue weighted by Gasteiger charge is 2.22. The van der Waals surface area contributed by atoms with Crippen molar-refractivity contribution in [3.8, 4) is 33.8 Å². The third-order valence-electron chi connectivity index (χ3n) is 6.52. The molecule has 166 valence electrons. The van der Waals surface area contributed by atoms with Gasteiger partial charge >= 0.3 is 0 Å². The van der Waals surface area contributed by atoms with Gasteiger partial charge in [0.2, 0.25) is 0 Å². The van der Waals surface area contributed by atoms with E-state index in [2.05, 4.69) is 90.2 Å². The molecule has 1 atom stereocenters. The number of fused-ring (bicyclic) bond motifs is 1. The summed E-state index contributed by atoms with van der Waals surface area (Å²) in [5.74, 6) is 1.60. The van der Waals surface area contributed by atoms with Gasteiger partial charge < -0.3 is 14.8 Å². The molecule has 3 heteroatoms. The van der Waals surface area contributed by atoms with Crippen molar-refractivity contribution in [2.75, 3.05) is 20.8 Å². The SMILES string of the molecule is COc1cc2c(cc1OC)C(Cc1ccc(-c3ccc(-c4ccccc4)cc3)cc1)NCC2. The first-order chi connectivity index (χ1) is 16.2. The Morgan fingerprint density at radius 3 is 1.85 bits per heavy atom. The van der Waals surface area contributed by atoms with E-state index in [9.17, 15) is 0 Å². The summed E-state index contributed by atoms with van der Waals surface area (Å²) >= 11 is 0. The summed E-state index contributed by atoms with van der Waals surface area (Å²) in [4.78, 5) is 0. The predicted octanol–water partition coefficient (Wildman–Crippen LogP) is 6.47. The fourth-order valence-electron chi connectivity index (χ4n) is 4.71. The quantitative estimate of drug-likeness (QED) is 0.377. The average molecular weight is 436 g/mol. The van der Waals surface area contributed by atoms with Crippen LogP contribution in [0.1, 0.15) is 22.7 Å². The molecule has 3 nitrogen and oxygen atoms in total. The van der Waals surface area contributed by atoms with Crippen LogP contribution in [0.4, 0.5) is 0 Å². The van der Waals surface area contributed by atoms with Gasteiger partial charge in [-0.05, 0) is 70.5 Å². The first-order valence-electron chi connectivity index (χ1n) is 11.5. The molecule has 5 rings (SSSR count). The molecule has 1 unspecified atom stereocenters. The van der Waals surface area contributed by atoms with Gasteiger partial charge in [-0.3, -0.25) is 0 Å². The fourth-order valence-corrected chi connectivity index (χ4v) is 4.71. The Kier molecular flexibility index (Phi) is 6.14. The first-order valence-corrected chi connectivity index (χ1v) is 11.5. The van der Waals surface area contributed by atoms with Crippen molar-refractivity contribution < 1.29 is 9.47 Å². The minimum absolute atomic E-state index is 0.268. The fraction of sp³-hybridized carbons (Fsp3) is 0.200. The summed E-state index contributed by atoms with van der Waals surface area (Å²) in [7, 11) is 3.39. The number of nitrogens with one attached hydrogen (secondary N) is 1. The first kappa shape index (κ1) is 21.3. The molecule has 1 aliphatic rings. The van der Waals surface area contributed by atoms with Crippen LogP contribution in [0.15, 0.2) is 91.0 Å². The van der Waals surface area contributed by atoms with E-state index in [4.69, 9.17) is 9.47 Å². The molecule has 0 radical (unpaired) electrons. The number of methoxy groups -OCH3 is 2. The maximum Gasteiger partial charge on any atom is 0.161 e. The number of ether oxygens (including phenoxy) is 2. The van der Waals surface area contributed by atoms with E-state index < -0.39 is 0 Å². The van der Waals surface area contributed by atoms with Crippen molar-refractivity contribution in [2.45, 2.75) is 18.9 Å². The zero-order valence-electron chi connectivity index (χ0n) is 19.2. The number of hydrogen-bond acceptors (Lipinski definition) is 3. The lowest BCUT2D eigenvalue weighted by atomic mass is 9.89. The lowest BCUT2D eigenvalue weighted by Crippen LogP contribution is -2.31. The Hall–Kier alpha value is -3.56. The number of hydrogen-bond donors (Lipinski definition) is 1. The summed E-state index contributed by atoms with van der Waals surface area (Å²) in [5, 5.41) is 3.68. The van der Waals surface area contributed by atoms with Crippen LogP contribution >= 0.6 is 0 Å². The van der Waals surface area contributed by atoms with Gasteiger partial charge in [-0.2, -0.15) is 0 Å². The summed E-state index contributed by atoms with van der Waals surface area (Å²) in [6, 6.07) is 32.8. The normalized spacial score (nSPS) is 15.0. The second-order valence-electron chi connectivity index (χ2n) is 8.51. The lowest BCUT2D eigenvalue weighted by molar-refractivity contribution is 0.352. The average Bonchev–Trinajstić information content (AvgIpc) is 2.89. The largest absolute Gasteiger partial charge is 0.493 e. The smallest absolute Gasteiger partial charge is 0.161 e. The monoisotopic (exact) mass is 435 g/mol. The molecule has 4 aromatic carbocycles. The Morgan fingerprint density at radius 1 is 0.697 bits per heavy atom. The molecule has 33 heavy (non-hydrogen) atoms. The van der Waals surface area contributed by atoms with Crippen molar-refractivity contribution in [1.82, 2.24) is 5.32 Å². The van der Waals surface area contributed by atoms with Crippen LogP contribution in [0.25, 0.3) is 22.3 Å². The van der Waals surface area contributed by atoms with Gasteiger partial charge in [-0.25, -0.2) is 0 Å². The van der Waals surface area contributed by atoms with Crippen LogP contribution in [0.2, 0.25) is 0 Å². The van der Waals surface area contributed by atoms with Gasteiger partial charge in [0.25, 0.3) is 0 Å². The molecular formula is C30H29NO2. The van der Waals surface area contributed by atoms with Gasteiger partial charge in [0.1, 0.15) is 0 Å². The molecule has 1 heterocycles. The topological polar surface area (TPSA) is 30.5 Å². The van der Waals surface area contributed by atoms with E-state index in [-0.39, 0.29) is 6.04 Å². The molecule has 0 saturated heterocycles. The molecule has 0 aromatic heterocycles. The van der Waals surface area contributed by atoms with Gasteiger partial charge in [0, 0.05) is 6.04 Å². The molecule has 0 fully saturated rings. The van der Waals surface area contributed by atoms with Crippen molar-refractivity contribution in [1.29, 1.82) is 0 Å². The third kappa shape index (κ3) is 4.50. The highest BCUT2D eigenvalue weighted by Crippen LogP contribution is 2.36. The van der Waals surface area contributed by atoms with Crippen LogP contribution in [-0.4, -0.2) is 20.8 Å². The van der Waals surface area contributed by atoms with E-state index in [1.54, 1.807) is 14.2 Å². The van der Waals surface area contributed by atoms with Crippen LogP contribution in [-0.2, 0) is 12.8 Å². The molecule has 0 spiro atoms. The van der Waals surface area contributed by atoms with E-state index >= 15 is 0 Å². The third-order valence-corrected chi connectivity index (χ3v) is 6.52. The second-order valence-corrected chi connectivity index (χ2v) is 8.51. The van der Waals surface area contributed by atoms with Crippen molar-refractivity contribution in [3.05, 3.63) is 108 Å². The summed E-state index contributed by atoms with van der Waals surface area (Å²) in [6.07, 6.45) is 1.94. The molecule has 0 amide bonds. The van der Waals surface area contributed by atoms with Crippen LogP contribution in [0, 0.1) is 0 Å². The molecule has 0 bridgehead atoms. The van der Waals surface area contributed by atoms with E-state index in [1.807, 2.05) is 6.07 Å². The maximum absolute atomic E-state index is 5.55. The summed E-state index contributed by atoms with van der Waals surface area (Å²) in [6.45, 7) is 0.971. The zero-order valence-corrected chi connectivity index (χ0v) is 19.2. The Labute approximate surface area is 196 Å². The predicted molar refractivity (Wildman–Crippen MR) is 135 cm³/mol. The zero-order chi connectivity index (χ0) is 22.6. The molecule has 0 saturated carbocycles. The van der Waals surface area contributed by atoms with Crippen LogP contribution in [0.3, 0.4) is 0 Å². The number of rotatable bonds is 6. The van der Waals surface area contributed by atoms with Gasteiger partial charge in [0.15, 0.2) is 11.5 Å². The Morgan fingerprint density at radius 2 is 1.24 bits per heavy atom. The van der Waals surface area contributed by atoms with E-state index in [0.717, 1.165) is 30.9 Å². The van der Waals surface area contributed by atoms with E-state index in [1.165, 1.54) is 38.9 Å². The van der Waals surface area contributed by atoms with Crippen molar-refractivity contribution in [3.63, 3.8) is 0 Å². The lowest BCUT2D eigenvalue weighted by Gasteiger charge is -2.28. The van der Waals surface area contributed by atoms with Gasteiger partial charge in [-0.1, -0.05) is 78.9 Å². The van der Waals surface area contributed by atoms with E-state index in [0.29, 0.717) is 0 Å². The Bertz CT molecular complexity index is 1210. The van der Waals surface area contributed by atoms with Crippen molar-refractivity contribution in [2.24, 2.45) is 0 Å². The highest BCUT2D eigenvalue weighted by molar-refractivity contribution is 5.70. The molecule has 4 aromatic rings. The highest BCUT2D eigenvalue weighted by atomic mass is 16.5. The number of benzene rings is 4. The second kappa shape index (κ2) is 9.51. The minimum Gasteiger partial charge on any atom is -0.493 e. The molecule has 0 aliphatic carbocycles. The van der Waals surface area contributed by atoms with Gasteiger partial charge in [0.05, 0.1) is 14.2 Å². The maximum atomic E-state index is 5.55. The van der Waals surface area contributed by atoms with Crippen LogP contribution in [0.5, 0.6) is 11.5 Å². The molecular weight excluding hydrogens is 406 g/mol. The standard InChI is InChI=1S/C30H29NO2/c1-32-29-19-26-16-17-31-28(27(26)20-30(29)33-2)18-21-8-10-23(11-9-21)25-14-12-24(13-15-25)22-6-4-3-5-7-22/h3-15,19-20,28,31H,16-18H2,1-2H3. The van der Waals surface area contributed by atoms with Crippen molar-refractivity contribution >= 4 is 0 Å².